The summed E-state index contributed by atoms with van der Waals surface area (Å²) < 4.78 is 15.9. The maximum atomic E-state index is 12.8. The third-order valence-corrected chi connectivity index (χ3v) is 6.78. The monoisotopic (exact) mass is 465 g/mol. The summed E-state index contributed by atoms with van der Waals surface area (Å²) in [5.74, 6) is 1.38. The summed E-state index contributed by atoms with van der Waals surface area (Å²) in [7, 11) is 1.64. The minimum Gasteiger partial charge on any atom is -0.497 e. The van der Waals surface area contributed by atoms with Crippen molar-refractivity contribution in [1.82, 2.24) is 10.3 Å². The number of benzene rings is 2. The molecule has 0 saturated heterocycles. The summed E-state index contributed by atoms with van der Waals surface area (Å²) in [5, 5.41) is 6.36. The van der Waals surface area contributed by atoms with Crippen molar-refractivity contribution in [2.75, 3.05) is 25.8 Å². The normalized spacial score (nSPS) is 15.7. The zero-order valence-electron chi connectivity index (χ0n) is 18.1. The highest BCUT2D eigenvalue weighted by atomic mass is 32.1. The molecule has 0 radical (unpaired) electrons. The predicted molar refractivity (Wildman–Crippen MR) is 123 cm³/mol. The highest BCUT2D eigenvalue weighted by Gasteiger charge is 2.32. The highest BCUT2D eigenvalue weighted by Crippen LogP contribution is 2.39. The van der Waals surface area contributed by atoms with Gasteiger partial charge in [0.05, 0.1) is 18.7 Å². The number of ether oxygens (including phenoxy) is 3. The Balaban J connectivity index is 1.19. The molecule has 2 heterocycles. The zero-order valence-corrected chi connectivity index (χ0v) is 18.9. The van der Waals surface area contributed by atoms with Crippen LogP contribution in [0.4, 0.5) is 5.13 Å². The molecule has 1 aromatic heterocycles. The van der Waals surface area contributed by atoms with E-state index in [0.717, 1.165) is 41.1 Å². The van der Waals surface area contributed by atoms with Crippen LogP contribution in [0.1, 0.15) is 38.8 Å². The van der Waals surface area contributed by atoms with Crippen LogP contribution in [0.3, 0.4) is 0 Å². The first-order chi connectivity index (χ1) is 16.1. The number of fused-ring (bicyclic) bond motifs is 2. The van der Waals surface area contributed by atoms with Crippen LogP contribution in [-0.4, -0.2) is 37.2 Å². The van der Waals surface area contributed by atoms with Crippen molar-refractivity contribution in [1.29, 1.82) is 0 Å². The number of methoxy groups -OCH3 is 1. The fourth-order valence-corrected chi connectivity index (χ4v) is 5.06. The minimum absolute atomic E-state index is 0.0319. The van der Waals surface area contributed by atoms with Crippen molar-refractivity contribution < 1.29 is 23.8 Å². The van der Waals surface area contributed by atoms with E-state index in [0.29, 0.717) is 28.7 Å². The topological polar surface area (TPSA) is 98.8 Å². The van der Waals surface area contributed by atoms with Gasteiger partial charge in [-0.15, -0.1) is 11.3 Å². The van der Waals surface area contributed by atoms with E-state index >= 15 is 0 Å². The maximum absolute atomic E-state index is 12.8. The summed E-state index contributed by atoms with van der Waals surface area (Å²) in [5.41, 5.74) is 2.32. The Bertz CT molecular complexity index is 1210. The lowest BCUT2D eigenvalue weighted by Crippen LogP contribution is -2.30. The number of thiazole rings is 1. The first-order valence-electron chi connectivity index (χ1n) is 10.7. The first kappa shape index (κ1) is 21.3. The lowest BCUT2D eigenvalue weighted by atomic mass is 10.1. The Labute approximate surface area is 194 Å². The van der Waals surface area contributed by atoms with E-state index in [9.17, 15) is 9.59 Å². The van der Waals surface area contributed by atoms with E-state index in [1.165, 1.54) is 11.3 Å². The zero-order chi connectivity index (χ0) is 22.8. The molecular formula is C24H23N3O5S. The van der Waals surface area contributed by atoms with Crippen LogP contribution in [0.5, 0.6) is 17.2 Å². The number of aromatic nitrogens is 1. The quantitative estimate of drug-likeness (QED) is 0.554. The van der Waals surface area contributed by atoms with Gasteiger partial charge in [0, 0.05) is 17.0 Å². The van der Waals surface area contributed by atoms with Crippen LogP contribution >= 0.6 is 11.3 Å². The van der Waals surface area contributed by atoms with Crippen molar-refractivity contribution in [3.63, 3.8) is 0 Å². The molecule has 0 saturated carbocycles. The van der Waals surface area contributed by atoms with Crippen LogP contribution in [0.2, 0.25) is 0 Å². The largest absolute Gasteiger partial charge is 0.497 e. The van der Waals surface area contributed by atoms with Gasteiger partial charge in [0.2, 0.25) is 12.7 Å². The average Bonchev–Trinajstić information content (AvgIpc) is 3.54. The van der Waals surface area contributed by atoms with Gasteiger partial charge in [-0.1, -0.05) is 12.1 Å². The number of carbonyl (C=O) groups excluding carboxylic acids is 2. The van der Waals surface area contributed by atoms with E-state index in [4.69, 9.17) is 14.2 Å². The third-order valence-electron chi connectivity index (χ3n) is 5.74. The van der Waals surface area contributed by atoms with Crippen LogP contribution in [0.25, 0.3) is 0 Å². The molecule has 0 bridgehead atoms. The predicted octanol–water partition coefficient (Wildman–Crippen LogP) is 3.52. The fraction of sp³-hybridized carbons (Fsp3) is 0.292. The van der Waals surface area contributed by atoms with Gasteiger partial charge in [-0.2, -0.15) is 0 Å². The van der Waals surface area contributed by atoms with Crippen molar-refractivity contribution >= 4 is 28.3 Å². The highest BCUT2D eigenvalue weighted by molar-refractivity contribution is 7.16. The van der Waals surface area contributed by atoms with E-state index in [1.54, 1.807) is 25.3 Å². The molecular weight excluding hydrogens is 442 g/mol. The molecule has 9 heteroatoms. The standard InChI is InChI=1S/C24H23N3O5S/c1-30-16-4-2-3-14(11-16)9-10-25-23(29)17-6-8-20-21(17)26-24(33-20)27-22(28)15-5-7-18-19(12-15)32-13-31-18/h2-5,7,11-12,17H,6,8-10,13H2,1H3,(H,25,29)(H,26,27,28). The van der Waals surface area contributed by atoms with Gasteiger partial charge in [0.1, 0.15) is 5.75 Å². The van der Waals surface area contributed by atoms with E-state index in [1.807, 2.05) is 24.3 Å². The Kier molecular flexibility index (Phi) is 5.87. The molecule has 2 aliphatic rings. The van der Waals surface area contributed by atoms with E-state index < -0.39 is 0 Å². The number of hydrogen-bond acceptors (Lipinski definition) is 7. The fourth-order valence-electron chi connectivity index (χ4n) is 4.02. The first-order valence-corrected chi connectivity index (χ1v) is 11.5. The van der Waals surface area contributed by atoms with Crippen LogP contribution < -0.4 is 24.8 Å². The van der Waals surface area contributed by atoms with Gasteiger partial charge >= 0.3 is 0 Å². The number of anilines is 1. The van der Waals surface area contributed by atoms with Crippen molar-refractivity contribution in [2.24, 2.45) is 0 Å². The molecule has 170 valence electrons. The third kappa shape index (κ3) is 4.49. The second kappa shape index (κ2) is 9.11. The summed E-state index contributed by atoms with van der Waals surface area (Å²) in [6, 6.07) is 12.9. The summed E-state index contributed by atoms with van der Waals surface area (Å²) in [6.07, 6.45) is 2.23. The summed E-state index contributed by atoms with van der Waals surface area (Å²) in [4.78, 5) is 31.1. The average molecular weight is 466 g/mol. The van der Waals surface area contributed by atoms with Gasteiger partial charge in [-0.3, -0.25) is 14.9 Å². The Hall–Kier alpha value is -3.59. The maximum Gasteiger partial charge on any atom is 0.257 e. The molecule has 5 rings (SSSR count). The number of rotatable bonds is 7. The Morgan fingerprint density at radius 3 is 2.94 bits per heavy atom. The number of amides is 2. The number of hydrogen-bond donors (Lipinski definition) is 2. The Morgan fingerprint density at radius 2 is 2.06 bits per heavy atom. The number of nitrogens with one attached hydrogen (secondary N) is 2. The molecule has 2 N–H and O–H groups in total. The Morgan fingerprint density at radius 1 is 1.18 bits per heavy atom. The summed E-state index contributed by atoms with van der Waals surface area (Å²) >= 11 is 1.42. The number of carbonyl (C=O) groups is 2. The molecule has 0 fully saturated rings. The molecule has 1 aliphatic heterocycles. The molecule has 1 aliphatic carbocycles. The van der Waals surface area contributed by atoms with Crippen molar-refractivity contribution in [2.45, 2.75) is 25.2 Å². The van der Waals surface area contributed by atoms with Crippen molar-refractivity contribution in [3.8, 4) is 17.2 Å². The lowest BCUT2D eigenvalue weighted by Gasteiger charge is -2.11. The second-order valence-electron chi connectivity index (χ2n) is 7.83. The molecule has 8 nitrogen and oxygen atoms in total. The minimum atomic E-state index is -0.294. The molecule has 1 unspecified atom stereocenters. The number of aryl methyl sites for hydroxylation is 1. The van der Waals surface area contributed by atoms with Crippen LogP contribution in [0, 0.1) is 0 Å². The van der Waals surface area contributed by atoms with Crippen molar-refractivity contribution in [3.05, 3.63) is 64.2 Å². The lowest BCUT2D eigenvalue weighted by molar-refractivity contribution is -0.122. The second-order valence-corrected chi connectivity index (χ2v) is 8.92. The van der Waals surface area contributed by atoms with Gasteiger partial charge in [-0.25, -0.2) is 4.98 Å². The van der Waals surface area contributed by atoms with E-state index in [2.05, 4.69) is 15.6 Å². The van der Waals surface area contributed by atoms with Gasteiger partial charge in [0.25, 0.3) is 5.91 Å². The van der Waals surface area contributed by atoms with Crippen LogP contribution in [-0.2, 0) is 17.6 Å². The van der Waals surface area contributed by atoms with Gasteiger partial charge in [-0.05, 0) is 55.2 Å². The molecule has 2 aromatic carbocycles. The number of nitrogens with zero attached hydrogens (tertiary/aromatic N) is 1. The smallest absolute Gasteiger partial charge is 0.257 e. The molecule has 0 spiro atoms. The summed E-state index contributed by atoms with van der Waals surface area (Å²) in [6.45, 7) is 0.693. The molecule has 1 atom stereocenters. The van der Waals surface area contributed by atoms with Gasteiger partial charge < -0.3 is 19.5 Å². The van der Waals surface area contributed by atoms with Gasteiger partial charge in [0.15, 0.2) is 16.6 Å². The van der Waals surface area contributed by atoms with E-state index in [-0.39, 0.29) is 24.5 Å². The molecule has 2 amide bonds. The molecule has 33 heavy (non-hydrogen) atoms. The molecule has 3 aromatic rings. The van der Waals surface area contributed by atoms with Crippen LogP contribution in [0.15, 0.2) is 42.5 Å². The SMILES string of the molecule is COc1cccc(CCNC(=O)C2CCc3sc(NC(=O)c4ccc5c(c4)OCO5)nc32)c1.